The predicted molar refractivity (Wildman–Crippen MR) is 113 cm³/mol. The zero-order valence-corrected chi connectivity index (χ0v) is 17.6. The summed E-state index contributed by atoms with van der Waals surface area (Å²) in [5.74, 6) is 0. The summed E-state index contributed by atoms with van der Waals surface area (Å²) >= 11 is 5.49. The molecule has 3 heterocycles. The average Bonchev–Trinajstić information content (AvgIpc) is 3.17. The van der Waals surface area contributed by atoms with E-state index in [9.17, 15) is 13.2 Å². The Bertz CT molecular complexity index is 1090. The van der Waals surface area contributed by atoms with Gasteiger partial charge in [-0.15, -0.1) is 0 Å². The first-order chi connectivity index (χ1) is 14.2. The van der Waals surface area contributed by atoms with Crippen molar-refractivity contribution in [3.63, 3.8) is 0 Å². The summed E-state index contributed by atoms with van der Waals surface area (Å²) in [5.41, 5.74) is 3.40. The number of pyridine rings is 1. The first-order valence-corrected chi connectivity index (χ1v) is 9.90. The highest BCUT2D eigenvalue weighted by Crippen LogP contribution is 2.40. The second-order valence-corrected chi connectivity index (χ2v) is 7.83. The van der Waals surface area contributed by atoms with Crippen LogP contribution in [0.2, 0.25) is 0 Å². The number of alkyl halides is 3. The van der Waals surface area contributed by atoms with Crippen molar-refractivity contribution in [2.75, 3.05) is 7.05 Å². The van der Waals surface area contributed by atoms with Crippen molar-refractivity contribution in [3.8, 4) is 5.69 Å². The number of rotatable bonds is 3. The molecular formula is C22H21F3N4S. The fourth-order valence-electron chi connectivity index (χ4n) is 4.15. The summed E-state index contributed by atoms with van der Waals surface area (Å²) in [6.45, 7) is 3.82. The van der Waals surface area contributed by atoms with Gasteiger partial charge in [-0.2, -0.15) is 13.2 Å². The Hall–Kier alpha value is -2.87. The lowest BCUT2D eigenvalue weighted by Crippen LogP contribution is -2.25. The lowest BCUT2D eigenvalue weighted by atomic mass is 9.97. The Balaban J connectivity index is 1.81. The number of aromatic nitrogens is 2. The van der Waals surface area contributed by atoms with E-state index in [1.54, 1.807) is 12.3 Å². The van der Waals surface area contributed by atoms with Crippen molar-refractivity contribution < 1.29 is 13.2 Å². The fourth-order valence-corrected chi connectivity index (χ4v) is 4.39. The zero-order chi connectivity index (χ0) is 21.6. The number of likely N-dealkylation sites (N-methyl/N-ethyl adjacent to an activating group) is 1. The Morgan fingerprint density at radius 2 is 1.83 bits per heavy atom. The van der Waals surface area contributed by atoms with E-state index in [2.05, 4.69) is 10.3 Å². The lowest BCUT2D eigenvalue weighted by Gasteiger charge is -2.24. The monoisotopic (exact) mass is 430 g/mol. The molecule has 4 rings (SSSR count). The summed E-state index contributed by atoms with van der Waals surface area (Å²) in [7, 11) is 1.92. The molecule has 1 aliphatic heterocycles. The van der Waals surface area contributed by atoms with Crippen LogP contribution in [-0.4, -0.2) is 26.6 Å². The Labute approximate surface area is 178 Å². The normalized spacial score (nSPS) is 19.3. The Morgan fingerprint density at radius 1 is 1.07 bits per heavy atom. The largest absolute Gasteiger partial charge is 0.416 e. The molecule has 0 bridgehead atoms. The van der Waals surface area contributed by atoms with Gasteiger partial charge in [-0.3, -0.25) is 4.98 Å². The number of hydrogen-bond acceptors (Lipinski definition) is 2. The molecule has 2 atom stereocenters. The average molecular weight is 430 g/mol. The highest BCUT2D eigenvalue weighted by Gasteiger charge is 2.39. The molecule has 1 aromatic carbocycles. The third kappa shape index (κ3) is 3.45. The summed E-state index contributed by atoms with van der Waals surface area (Å²) in [5, 5.41) is 3.94. The van der Waals surface area contributed by atoms with Gasteiger partial charge in [0.2, 0.25) is 0 Å². The van der Waals surface area contributed by atoms with Crippen LogP contribution in [0.3, 0.4) is 0 Å². The van der Waals surface area contributed by atoms with Crippen LogP contribution in [0.25, 0.3) is 5.69 Å². The van der Waals surface area contributed by atoms with E-state index in [1.807, 2.05) is 54.6 Å². The van der Waals surface area contributed by atoms with Gasteiger partial charge in [0.05, 0.1) is 23.3 Å². The molecule has 4 nitrogen and oxygen atoms in total. The molecule has 2 aromatic heterocycles. The number of nitrogens with one attached hydrogen (secondary N) is 1. The Morgan fingerprint density at radius 3 is 2.50 bits per heavy atom. The second kappa shape index (κ2) is 7.43. The zero-order valence-electron chi connectivity index (χ0n) is 16.7. The van der Waals surface area contributed by atoms with Gasteiger partial charge in [-0.1, -0.05) is 12.1 Å². The van der Waals surface area contributed by atoms with Gasteiger partial charge >= 0.3 is 6.18 Å². The number of nitrogens with zero attached hydrogens (tertiary/aromatic N) is 3. The fraction of sp³-hybridized carbons (Fsp3) is 0.273. The van der Waals surface area contributed by atoms with Gasteiger partial charge in [0, 0.05) is 30.3 Å². The van der Waals surface area contributed by atoms with E-state index in [0.717, 1.165) is 28.7 Å². The van der Waals surface area contributed by atoms with Crippen LogP contribution in [0, 0.1) is 13.8 Å². The molecule has 0 radical (unpaired) electrons. The molecule has 1 fully saturated rings. The molecule has 0 aliphatic carbocycles. The molecule has 1 saturated heterocycles. The topological polar surface area (TPSA) is 33.1 Å². The maximum absolute atomic E-state index is 13.2. The number of hydrogen-bond donors (Lipinski definition) is 1. The van der Waals surface area contributed by atoms with E-state index in [-0.39, 0.29) is 12.1 Å². The minimum atomic E-state index is -4.39. The number of aryl methyl sites for hydroxylation is 1. The van der Waals surface area contributed by atoms with Gasteiger partial charge in [-0.05, 0) is 68.0 Å². The first kappa shape index (κ1) is 20.4. The quantitative estimate of drug-likeness (QED) is 0.586. The van der Waals surface area contributed by atoms with Crippen molar-refractivity contribution in [3.05, 3.63) is 82.9 Å². The maximum Gasteiger partial charge on any atom is 0.416 e. The second-order valence-electron chi connectivity index (χ2n) is 7.45. The standard InChI is InChI=1S/C22H21F3N4S/c1-13-11-17(14(2)29(13)16-8-6-7-15(12-16)22(23,24)25)20-19(27-21(30)28(20)3)18-9-4-5-10-26-18/h4-12,19-20H,1-3H3,(H,27,30)/t19-,20+/m1/s1. The van der Waals surface area contributed by atoms with Crippen LogP contribution in [-0.2, 0) is 6.18 Å². The maximum atomic E-state index is 13.2. The van der Waals surface area contributed by atoms with E-state index in [4.69, 9.17) is 12.2 Å². The molecule has 0 spiro atoms. The van der Waals surface area contributed by atoms with Gasteiger partial charge in [0.1, 0.15) is 0 Å². The van der Waals surface area contributed by atoms with Gasteiger partial charge in [0.15, 0.2) is 5.11 Å². The van der Waals surface area contributed by atoms with Crippen molar-refractivity contribution in [2.45, 2.75) is 32.1 Å². The molecule has 8 heteroatoms. The van der Waals surface area contributed by atoms with Gasteiger partial charge < -0.3 is 14.8 Å². The van der Waals surface area contributed by atoms with Gasteiger partial charge in [-0.25, -0.2) is 0 Å². The predicted octanol–water partition coefficient (Wildman–Crippen LogP) is 5.11. The van der Waals surface area contributed by atoms with E-state index >= 15 is 0 Å². The summed E-state index contributed by atoms with van der Waals surface area (Å²) in [6, 6.07) is 12.9. The van der Waals surface area contributed by atoms with Crippen LogP contribution in [0.1, 0.15) is 40.3 Å². The minimum absolute atomic E-state index is 0.127. The molecule has 3 aromatic rings. The molecule has 0 saturated carbocycles. The minimum Gasteiger partial charge on any atom is -0.352 e. The number of halogens is 3. The number of benzene rings is 1. The van der Waals surface area contributed by atoms with E-state index in [1.165, 1.54) is 12.1 Å². The van der Waals surface area contributed by atoms with E-state index < -0.39 is 11.7 Å². The smallest absolute Gasteiger partial charge is 0.352 e. The molecule has 1 aliphatic rings. The SMILES string of the molecule is Cc1cc([C@H]2[C@@H](c3ccccn3)NC(=S)N2C)c(C)n1-c1cccc(C(F)(F)F)c1. The van der Waals surface area contributed by atoms with Crippen LogP contribution >= 0.6 is 12.2 Å². The first-order valence-electron chi connectivity index (χ1n) is 9.49. The third-order valence-electron chi connectivity index (χ3n) is 5.56. The third-order valence-corrected chi connectivity index (χ3v) is 5.97. The molecule has 0 amide bonds. The van der Waals surface area contributed by atoms with E-state index in [0.29, 0.717) is 10.8 Å². The van der Waals surface area contributed by atoms with Gasteiger partial charge in [0.25, 0.3) is 0 Å². The lowest BCUT2D eigenvalue weighted by molar-refractivity contribution is -0.137. The van der Waals surface area contributed by atoms with Crippen molar-refractivity contribution in [1.29, 1.82) is 0 Å². The van der Waals surface area contributed by atoms with Crippen molar-refractivity contribution in [1.82, 2.24) is 19.8 Å². The molecule has 1 N–H and O–H groups in total. The van der Waals surface area contributed by atoms with Crippen LogP contribution < -0.4 is 5.32 Å². The summed E-state index contributed by atoms with van der Waals surface area (Å²) < 4.78 is 41.5. The van der Waals surface area contributed by atoms with Crippen molar-refractivity contribution >= 4 is 17.3 Å². The highest BCUT2D eigenvalue weighted by atomic mass is 32.1. The molecular weight excluding hydrogens is 409 g/mol. The van der Waals surface area contributed by atoms with Crippen LogP contribution in [0.15, 0.2) is 54.7 Å². The number of thiocarbonyl (C=S) groups is 1. The molecule has 156 valence electrons. The molecule has 30 heavy (non-hydrogen) atoms. The summed E-state index contributed by atoms with van der Waals surface area (Å²) in [6.07, 6.45) is -2.65. The van der Waals surface area contributed by atoms with Crippen LogP contribution in [0.4, 0.5) is 13.2 Å². The summed E-state index contributed by atoms with van der Waals surface area (Å²) in [4.78, 5) is 6.46. The molecule has 0 unspecified atom stereocenters. The highest BCUT2D eigenvalue weighted by molar-refractivity contribution is 7.80. The Kier molecular flexibility index (Phi) is 5.05. The van der Waals surface area contributed by atoms with Crippen LogP contribution in [0.5, 0.6) is 0 Å². The van der Waals surface area contributed by atoms with Crippen molar-refractivity contribution in [2.24, 2.45) is 0 Å².